The van der Waals surface area contributed by atoms with Crippen LogP contribution in [0.15, 0.2) is 0 Å². The Kier molecular flexibility index (Phi) is 4.98. The number of unbranched alkanes of at least 4 members (excludes halogenated alkanes) is 2. The van der Waals surface area contributed by atoms with E-state index in [-0.39, 0.29) is 0 Å². The highest BCUT2D eigenvalue weighted by Crippen LogP contribution is 2.61. The van der Waals surface area contributed by atoms with Crippen LogP contribution in [0, 0.1) is 29.1 Å². The van der Waals surface area contributed by atoms with E-state index < -0.39 is 0 Å². The monoisotopic (exact) mass is 291 g/mol. The summed E-state index contributed by atoms with van der Waals surface area (Å²) in [5, 5.41) is 3.90. The second kappa shape index (κ2) is 6.60. The molecular weight excluding hydrogens is 254 g/mol. The van der Waals surface area contributed by atoms with Gasteiger partial charge in [0.05, 0.1) is 0 Å². The van der Waals surface area contributed by atoms with Gasteiger partial charge in [-0.25, -0.2) is 0 Å². The highest BCUT2D eigenvalue weighted by Gasteiger charge is 2.55. The number of nitrogens with one attached hydrogen (secondary N) is 1. The molecule has 1 nitrogen and oxygen atoms in total. The molecule has 2 saturated carbocycles. The van der Waals surface area contributed by atoms with Crippen molar-refractivity contribution in [3.63, 3.8) is 0 Å². The van der Waals surface area contributed by atoms with Crippen molar-refractivity contribution in [3.8, 4) is 0 Å². The fourth-order valence-electron chi connectivity index (χ4n) is 6.32. The van der Waals surface area contributed by atoms with Gasteiger partial charge < -0.3 is 5.32 Å². The van der Waals surface area contributed by atoms with Crippen LogP contribution in [0.5, 0.6) is 0 Å². The van der Waals surface area contributed by atoms with Crippen LogP contribution in [-0.4, -0.2) is 12.6 Å². The third-order valence-corrected chi connectivity index (χ3v) is 7.40. The van der Waals surface area contributed by atoms with Crippen LogP contribution >= 0.6 is 0 Å². The van der Waals surface area contributed by atoms with Crippen molar-refractivity contribution in [1.29, 1.82) is 0 Å². The maximum Gasteiger partial charge on any atom is 0.00700 e. The second-order valence-corrected chi connectivity index (χ2v) is 8.82. The van der Waals surface area contributed by atoms with Gasteiger partial charge in [-0.2, -0.15) is 0 Å². The average molecular weight is 292 g/mol. The molecule has 3 rings (SSSR count). The molecule has 3 aliphatic rings. The minimum absolute atomic E-state index is 0.602. The molecule has 21 heavy (non-hydrogen) atoms. The van der Waals surface area contributed by atoms with Crippen molar-refractivity contribution < 1.29 is 0 Å². The predicted octanol–water partition coefficient (Wildman–Crippen LogP) is 5.40. The van der Waals surface area contributed by atoms with Gasteiger partial charge in [-0.3, -0.25) is 0 Å². The Bertz CT molecular complexity index is 335. The smallest absolute Gasteiger partial charge is 0.00700 e. The average Bonchev–Trinajstić information content (AvgIpc) is 2.63. The molecule has 0 aromatic carbocycles. The summed E-state index contributed by atoms with van der Waals surface area (Å²) < 4.78 is 0. The van der Waals surface area contributed by atoms with Gasteiger partial charge in [-0.1, -0.05) is 52.9 Å². The topological polar surface area (TPSA) is 12.0 Å². The maximum absolute atomic E-state index is 3.90. The summed E-state index contributed by atoms with van der Waals surface area (Å²) in [5.74, 6) is 4.13. The molecular formula is C20H37N. The molecule has 0 aromatic rings. The molecule has 1 aliphatic heterocycles. The van der Waals surface area contributed by atoms with Crippen LogP contribution in [0.1, 0.15) is 85.0 Å². The zero-order valence-corrected chi connectivity index (χ0v) is 14.7. The highest BCUT2D eigenvalue weighted by atomic mass is 14.9. The summed E-state index contributed by atoms with van der Waals surface area (Å²) in [5.41, 5.74) is 0.602. The van der Waals surface area contributed by atoms with Crippen molar-refractivity contribution in [1.82, 2.24) is 5.32 Å². The summed E-state index contributed by atoms with van der Waals surface area (Å²) in [6, 6.07) is 0.811. The van der Waals surface area contributed by atoms with E-state index in [9.17, 15) is 0 Å². The van der Waals surface area contributed by atoms with E-state index in [1.54, 1.807) is 0 Å². The molecule has 122 valence electrons. The molecule has 0 aromatic heterocycles. The number of rotatable bonds is 4. The fraction of sp³-hybridized carbons (Fsp3) is 1.00. The highest BCUT2D eigenvalue weighted by molar-refractivity contribution is 5.05. The molecule has 5 unspecified atom stereocenters. The van der Waals surface area contributed by atoms with Crippen molar-refractivity contribution >= 4 is 0 Å². The number of fused-ring (bicyclic) bond motifs is 3. The number of hydrogen-bond donors (Lipinski definition) is 1. The molecule has 1 heterocycles. The van der Waals surface area contributed by atoms with E-state index in [0.717, 1.165) is 29.7 Å². The molecule has 0 bridgehead atoms. The zero-order chi connectivity index (χ0) is 14.9. The SMILES string of the molecule is CCCCCC1CC2C(CCN1)C1CCCCC1C2(C)C. The third-order valence-electron chi connectivity index (χ3n) is 7.40. The van der Waals surface area contributed by atoms with Crippen LogP contribution in [0.25, 0.3) is 0 Å². The summed E-state index contributed by atoms with van der Waals surface area (Å²) in [7, 11) is 0. The van der Waals surface area contributed by atoms with E-state index in [0.29, 0.717) is 5.41 Å². The largest absolute Gasteiger partial charge is 0.314 e. The van der Waals surface area contributed by atoms with Gasteiger partial charge >= 0.3 is 0 Å². The lowest BCUT2D eigenvalue weighted by molar-refractivity contribution is 0.125. The van der Waals surface area contributed by atoms with Crippen LogP contribution in [0.2, 0.25) is 0 Å². The molecule has 1 N–H and O–H groups in total. The Morgan fingerprint density at radius 1 is 0.952 bits per heavy atom. The first-order valence-corrected chi connectivity index (χ1v) is 9.88. The maximum atomic E-state index is 3.90. The minimum Gasteiger partial charge on any atom is -0.314 e. The Labute approximate surface area is 132 Å². The van der Waals surface area contributed by atoms with Gasteiger partial charge in [0.2, 0.25) is 0 Å². The van der Waals surface area contributed by atoms with E-state index >= 15 is 0 Å². The standard InChI is InChI=1S/C20H37N/c1-4-5-6-9-15-14-19-17(12-13-21-15)16-10-7-8-11-18(16)20(19,2)3/h15-19,21H,4-14H2,1-3H3. The summed E-state index contributed by atoms with van der Waals surface area (Å²) in [6.07, 6.45) is 14.6. The summed E-state index contributed by atoms with van der Waals surface area (Å²) in [4.78, 5) is 0. The van der Waals surface area contributed by atoms with E-state index in [1.807, 2.05) is 0 Å². The van der Waals surface area contributed by atoms with Crippen molar-refractivity contribution in [2.75, 3.05) is 6.54 Å². The first kappa shape index (κ1) is 15.8. The minimum atomic E-state index is 0.602. The normalized spacial score (nSPS) is 42.1. The first-order chi connectivity index (χ1) is 10.1. The van der Waals surface area contributed by atoms with Crippen molar-refractivity contribution in [2.24, 2.45) is 29.1 Å². The quantitative estimate of drug-likeness (QED) is 0.684. The lowest BCUT2D eigenvalue weighted by atomic mass is 9.68. The first-order valence-electron chi connectivity index (χ1n) is 9.88. The molecule has 1 saturated heterocycles. The van der Waals surface area contributed by atoms with E-state index in [1.165, 1.54) is 70.8 Å². The molecule has 0 amide bonds. The Balaban J connectivity index is 1.70. The van der Waals surface area contributed by atoms with E-state index in [4.69, 9.17) is 0 Å². The predicted molar refractivity (Wildman–Crippen MR) is 91.4 cm³/mol. The third kappa shape index (κ3) is 3.05. The molecule has 0 radical (unpaired) electrons. The Morgan fingerprint density at radius 2 is 1.71 bits per heavy atom. The van der Waals surface area contributed by atoms with Gasteiger partial charge in [0.15, 0.2) is 0 Å². The molecule has 1 heteroatoms. The Hall–Kier alpha value is -0.0400. The number of hydrogen-bond acceptors (Lipinski definition) is 1. The lowest BCUT2D eigenvalue weighted by Crippen LogP contribution is -2.34. The van der Waals surface area contributed by atoms with Gasteiger partial charge in [0.1, 0.15) is 0 Å². The van der Waals surface area contributed by atoms with Gasteiger partial charge in [-0.15, -0.1) is 0 Å². The summed E-state index contributed by atoms with van der Waals surface area (Å²) >= 11 is 0. The summed E-state index contributed by atoms with van der Waals surface area (Å²) in [6.45, 7) is 8.85. The van der Waals surface area contributed by atoms with Crippen molar-refractivity contribution in [3.05, 3.63) is 0 Å². The molecule has 5 atom stereocenters. The van der Waals surface area contributed by atoms with Crippen LogP contribution in [-0.2, 0) is 0 Å². The van der Waals surface area contributed by atoms with E-state index in [2.05, 4.69) is 26.1 Å². The van der Waals surface area contributed by atoms with Gasteiger partial charge in [0.25, 0.3) is 0 Å². The molecule has 3 fully saturated rings. The fourth-order valence-corrected chi connectivity index (χ4v) is 6.32. The van der Waals surface area contributed by atoms with Gasteiger partial charge in [0, 0.05) is 6.04 Å². The molecule has 0 spiro atoms. The van der Waals surface area contributed by atoms with Crippen LogP contribution in [0.4, 0.5) is 0 Å². The Morgan fingerprint density at radius 3 is 2.52 bits per heavy atom. The van der Waals surface area contributed by atoms with Crippen molar-refractivity contribution in [2.45, 2.75) is 91.0 Å². The van der Waals surface area contributed by atoms with Crippen LogP contribution in [0.3, 0.4) is 0 Å². The second-order valence-electron chi connectivity index (χ2n) is 8.82. The lowest BCUT2D eigenvalue weighted by Gasteiger charge is -2.37. The molecule has 2 aliphatic carbocycles. The zero-order valence-electron chi connectivity index (χ0n) is 14.7. The van der Waals surface area contributed by atoms with Crippen LogP contribution < -0.4 is 5.32 Å². The van der Waals surface area contributed by atoms with Gasteiger partial charge in [-0.05, 0) is 67.7 Å².